The summed E-state index contributed by atoms with van der Waals surface area (Å²) < 4.78 is 33.6. The highest BCUT2D eigenvalue weighted by molar-refractivity contribution is 7.89. The molecular formula is C23H31N3O4S. The summed E-state index contributed by atoms with van der Waals surface area (Å²) in [6, 6.07) is 10.8. The lowest BCUT2D eigenvalue weighted by Crippen LogP contribution is -2.43. The van der Waals surface area contributed by atoms with Crippen molar-refractivity contribution in [3.05, 3.63) is 53.1 Å². The first-order valence-electron chi connectivity index (χ1n) is 10.5. The van der Waals surface area contributed by atoms with Crippen LogP contribution in [0.5, 0.6) is 5.75 Å². The first-order chi connectivity index (χ1) is 14.7. The molecule has 1 fully saturated rings. The fourth-order valence-corrected chi connectivity index (χ4v) is 5.24. The molecule has 3 rings (SSSR count). The molecule has 0 radical (unpaired) electrons. The number of ether oxygens (including phenoxy) is 1. The van der Waals surface area contributed by atoms with Gasteiger partial charge in [-0.05, 0) is 74.4 Å². The molecule has 2 N–H and O–H groups in total. The Kier molecular flexibility index (Phi) is 7.23. The summed E-state index contributed by atoms with van der Waals surface area (Å²) in [6.07, 6.45) is 1.49. The SMILES string of the molecule is COc1ccccc1NC(=O)N1CCC(CNS(=O)(=O)c2cc(C)c(C)cc2C)CC1. The maximum absolute atomic E-state index is 12.8. The molecule has 0 saturated carbocycles. The van der Waals surface area contributed by atoms with Crippen molar-refractivity contribution in [2.45, 2.75) is 38.5 Å². The topological polar surface area (TPSA) is 87.7 Å². The Labute approximate surface area is 184 Å². The maximum atomic E-state index is 12.8. The van der Waals surface area contributed by atoms with Crippen LogP contribution in [0.25, 0.3) is 0 Å². The monoisotopic (exact) mass is 445 g/mol. The summed E-state index contributed by atoms with van der Waals surface area (Å²) in [4.78, 5) is 14.7. The number of benzene rings is 2. The van der Waals surface area contributed by atoms with Gasteiger partial charge in [0.15, 0.2) is 0 Å². The van der Waals surface area contributed by atoms with E-state index in [4.69, 9.17) is 4.74 Å². The number of urea groups is 1. The highest BCUT2D eigenvalue weighted by Crippen LogP contribution is 2.25. The molecule has 8 heteroatoms. The van der Waals surface area contributed by atoms with E-state index in [9.17, 15) is 13.2 Å². The molecule has 31 heavy (non-hydrogen) atoms. The molecule has 7 nitrogen and oxygen atoms in total. The number of anilines is 1. The summed E-state index contributed by atoms with van der Waals surface area (Å²) in [5.74, 6) is 0.804. The quantitative estimate of drug-likeness (QED) is 0.707. The number of para-hydroxylation sites is 2. The number of hydrogen-bond acceptors (Lipinski definition) is 4. The largest absolute Gasteiger partial charge is 0.495 e. The second kappa shape index (κ2) is 9.70. The van der Waals surface area contributed by atoms with E-state index >= 15 is 0 Å². The van der Waals surface area contributed by atoms with Gasteiger partial charge in [-0.2, -0.15) is 0 Å². The normalized spacial score (nSPS) is 15.0. The maximum Gasteiger partial charge on any atom is 0.321 e. The summed E-state index contributed by atoms with van der Waals surface area (Å²) in [5, 5.41) is 2.89. The Bertz CT molecular complexity index is 1040. The summed E-state index contributed by atoms with van der Waals surface area (Å²) in [5.41, 5.74) is 3.42. The zero-order valence-corrected chi connectivity index (χ0v) is 19.4. The molecule has 0 spiro atoms. The lowest BCUT2D eigenvalue weighted by atomic mass is 9.97. The van der Waals surface area contributed by atoms with E-state index in [1.54, 1.807) is 30.2 Å². The van der Waals surface area contributed by atoms with Gasteiger partial charge in [0.05, 0.1) is 17.7 Å². The van der Waals surface area contributed by atoms with E-state index in [-0.39, 0.29) is 11.9 Å². The number of nitrogens with one attached hydrogen (secondary N) is 2. The van der Waals surface area contributed by atoms with Crippen LogP contribution in [-0.2, 0) is 10.0 Å². The zero-order valence-electron chi connectivity index (χ0n) is 18.6. The second-order valence-corrected chi connectivity index (χ2v) is 9.85. The Hall–Kier alpha value is -2.58. The van der Waals surface area contributed by atoms with Crippen molar-refractivity contribution >= 4 is 21.7 Å². The van der Waals surface area contributed by atoms with Crippen molar-refractivity contribution in [1.82, 2.24) is 9.62 Å². The van der Waals surface area contributed by atoms with Crippen molar-refractivity contribution < 1.29 is 17.9 Å². The van der Waals surface area contributed by atoms with Crippen LogP contribution >= 0.6 is 0 Å². The van der Waals surface area contributed by atoms with Crippen molar-refractivity contribution in [1.29, 1.82) is 0 Å². The zero-order chi connectivity index (χ0) is 22.6. The number of sulfonamides is 1. The number of aryl methyl sites for hydroxylation is 3. The van der Waals surface area contributed by atoms with Crippen molar-refractivity contribution in [3.63, 3.8) is 0 Å². The van der Waals surface area contributed by atoms with E-state index in [0.717, 1.165) is 29.5 Å². The summed E-state index contributed by atoms with van der Waals surface area (Å²) >= 11 is 0. The third kappa shape index (κ3) is 5.57. The Morgan fingerprint density at radius 2 is 1.71 bits per heavy atom. The van der Waals surface area contributed by atoms with Crippen LogP contribution in [0, 0.1) is 26.7 Å². The Morgan fingerprint density at radius 3 is 2.39 bits per heavy atom. The average Bonchev–Trinajstić information content (AvgIpc) is 2.75. The number of likely N-dealkylation sites (tertiary alicyclic amines) is 1. The molecule has 1 heterocycles. The van der Waals surface area contributed by atoms with Gasteiger partial charge in [-0.1, -0.05) is 18.2 Å². The number of carbonyl (C=O) groups is 1. The molecule has 1 aliphatic heterocycles. The second-order valence-electron chi connectivity index (χ2n) is 8.11. The van der Waals surface area contributed by atoms with Gasteiger partial charge in [0.1, 0.15) is 5.75 Å². The number of carbonyl (C=O) groups excluding carboxylic acids is 1. The first kappa shape index (κ1) is 23.1. The van der Waals surface area contributed by atoms with Crippen LogP contribution < -0.4 is 14.8 Å². The number of hydrogen-bond donors (Lipinski definition) is 2. The number of amides is 2. The Morgan fingerprint density at radius 1 is 1.06 bits per heavy atom. The number of methoxy groups -OCH3 is 1. The lowest BCUT2D eigenvalue weighted by molar-refractivity contribution is 0.183. The van der Waals surface area contributed by atoms with Crippen LogP contribution in [0.15, 0.2) is 41.3 Å². The number of nitrogens with zero attached hydrogens (tertiary/aromatic N) is 1. The molecule has 0 unspecified atom stereocenters. The molecule has 168 valence electrons. The molecule has 2 amide bonds. The predicted molar refractivity (Wildman–Crippen MR) is 122 cm³/mol. The standard InChI is InChI=1S/C23H31N3O4S/c1-16-13-18(3)22(14-17(16)2)31(28,29)24-15-19-9-11-26(12-10-19)23(27)25-20-7-5-6-8-21(20)30-4/h5-8,13-14,19,24H,9-12,15H2,1-4H3,(H,25,27). The Balaban J connectivity index is 1.53. The van der Waals surface area contributed by atoms with Gasteiger partial charge in [-0.25, -0.2) is 17.9 Å². The first-order valence-corrected chi connectivity index (χ1v) is 12.0. The van der Waals surface area contributed by atoms with Gasteiger partial charge >= 0.3 is 6.03 Å². The molecule has 2 aromatic carbocycles. The van der Waals surface area contributed by atoms with Crippen LogP contribution in [0.1, 0.15) is 29.5 Å². The third-order valence-electron chi connectivity index (χ3n) is 5.89. The molecule has 0 aromatic heterocycles. The van der Waals surface area contributed by atoms with Crippen molar-refractivity contribution in [2.75, 3.05) is 32.1 Å². The number of piperidine rings is 1. The minimum Gasteiger partial charge on any atom is -0.495 e. The fraction of sp³-hybridized carbons (Fsp3) is 0.435. The summed E-state index contributed by atoms with van der Waals surface area (Å²) in [6.45, 7) is 7.24. The lowest BCUT2D eigenvalue weighted by Gasteiger charge is -2.32. The third-order valence-corrected chi connectivity index (χ3v) is 7.46. The molecule has 1 aliphatic rings. The van der Waals surface area contributed by atoms with Crippen LogP contribution in [0.3, 0.4) is 0 Å². The van der Waals surface area contributed by atoms with Crippen LogP contribution in [0.4, 0.5) is 10.5 Å². The smallest absolute Gasteiger partial charge is 0.321 e. The van der Waals surface area contributed by atoms with Crippen LogP contribution in [0.2, 0.25) is 0 Å². The molecular weight excluding hydrogens is 414 g/mol. The predicted octanol–water partition coefficient (Wildman–Crippen LogP) is 3.84. The van der Waals surface area contributed by atoms with E-state index < -0.39 is 10.0 Å². The van der Waals surface area contributed by atoms with Gasteiger partial charge in [0.25, 0.3) is 0 Å². The van der Waals surface area contributed by atoms with Gasteiger partial charge in [-0.15, -0.1) is 0 Å². The average molecular weight is 446 g/mol. The van der Waals surface area contributed by atoms with E-state index in [1.807, 2.05) is 39.0 Å². The molecule has 0 aliphatic carbocycles. The highest BCUT2D eigenvalue weighted by Gasteiger charge is 2.25. The van der Waals surface area contributed by atoms with Crippen molar-refractivity contribution in [3.8, 4) is 5.75 Å². The molecule has 2 aromatic rings. The van der Waals surface area contributed by atoms with E-state index in [1.165, 1.54) is 0 Å². The van der Waals surface area contributed by atoms with E-state index in [2.05, 4.69) is 10.0 Å². The minimum atomic E-state index is -3.56. The summed E-state index contributed by atoms with van der Waals surface area (Å²) in [7, 11) is -2.00. The fourth-order valence-electron chi connectivity index (χ4n) is 3.81. The van der Waals surface area contributed by atoms with Crippen LogP contribution in [-0.4, -0.2) is 46.1 Å². The molecule has 0 atom stereocenters. The molecule has 0 bridgehead atoms. The highest BCUT2D eigenvalue weighted by atomic mass is 32.2. The van der Waals surface area contributed by atoms with Gasteiger partial charge in [-0.3, -0.25) is 0 Å². The van der Waals surface area contributed by atoms with Crippen molar-refractivity contribution in [2.24, 2.45) is 5.92 Å². The minimum absolute atomic E-state index is 0.172. The van der Waals surface area contributed by atoms with Gasteiger partial charge in [0, 0.05) is 19.6 Å². The molecule has 1 saturated heterocycles. The number of rotatable bonds is 6. The van der Waals surface area contributed by atoms with Gasteiger partial charge in [0.2, 0.25) is 10.0 Å². The van der Waals surface area contributed by atoms with Gasteiger partial charge < -0.3 is 15.0 Å². The van der Waals surface area contributed by atoms with E-state index in [0.29, 0.717) is 36.0 Å².